The van der Waals surface area contributed by atoms with E-state index < -0.39 is 11.6 Å². The lowest BCUT2D eigenvalue weighted by molar-refractivity contribution is 0.211. The number of aryl methyl sites for hydroxylation is 1. The van der Waals surface area contributed by atoms with Gasteiger partial charge in [0.2, 0.25) is 0 Å². The number of fused-ring (bicyclic) bond motifs is 1. The van der Waals surface area contributed by atoms with Crippen molar-refractivity contribution in [2.45, 2.75) is 84.7 Å². The molecule has 4 atom stereocenters. The number of imidazole rings is 1. The summed E-state index contributed by atoms with van der Waals surface area (Å²) < 4.78 is 19.5. The molecule has 0 radical (unpaired) electrons. The smallest absolute Gasteiger partial charge is 0.143 e. The van der Waals surface area contributed by atoms with Crippen LogP contribution in [0.25, 0.3) is 5.65 Å². The van der Waals surface area contributed by atoms with E-state index in [1.165, 1.54) is 31.9 Å². The number of methoxy groups -OCH3 is 3. The summed E-state index contributed by atoms with van der Waals surface area (Å²) in [5, 5.41) is 14.2. The molecule has 0 amide bonds. The highest BCUT2D eigenvalue weighted by molar-refractivity contribution is 6.33. The second-order valence-electron chi connectivity index (χ2n) is 16.5. The topological polar surface area (TPSA) is 96.1 Å². The van der Waals surface area contributed by atoms with Crippen molar-refractivity contribution in [3.05, 3.63) is 111 Å². The van der Waals surface area contributed by atoms with Crippen LogP contribution in [0.1, 0.15) is 74.4 Å². The maximum absolute atomic E-state index is 10.9. The third-order valence-corrected chi connectivity index (χ3v) is 13.1. The molecule has 2 aliphatic carbocycles. The molecule has 12 heteroatoms. The monoisotopic (exact) mass is 858 g/mol. The zero-order valence-electron chi connectivity index (χ0n) is 36.7. The van der Waals surface area contributed by atoms with Crippen molar-refractivity contribution in [3.63, 3.8) is 0 Å². The average Bonchev–Trinajstić information content (AvgIpc) is 3.77. The van der Waals surface area contributed by atoms with Crippen molar-refractivity contribution in [2.24, 2.45) is 22.7 Å². The Labute approximate surface area is 367 Å². The lowest BCUT2D eigenvalue weighted by atomic mass is 9.97. The van der Waals surface area contributed by atoms with Gasteiger partial charge in [0.05, 0.1) is 48.9 Å². The number of ether oxygens (including phenoxy) is 3. The van der Waals surface area contributed by atoms with Crippen LogP contribution in [0.2, 0.25) is 0 Å². The zero-order valence-corrected chi connectivity index (χ0v) is 38.2. The first kappa shape index (κ1) is 45.3. The third-order valence-electron chi connectivity index (χ3n) is 12.2. The number of aliphatic hydroxyl groups is 1. The molecule has 2 N–H and O–H groups in total. The number of aliphatic imine (C=N–C) groups is 1. The minimum absolute atomic E-state index is 0.433. The Morgan fingerprint density at radius 1 is 1.13 bits per heavy atom. The highest BCUT2D eigenvalue weighted by atomic mass is 35.5. The fourth-order valence-electron chi connectivity index (χ4n) is 8.77. The minimum atomic E-state index is -0.911. The molecule has 0 bridgehead atoms. The van der Waals surface area contributed by atoms with E-state index in [9.17, 15) is 5.11 Å². The van der Waals surface area contributed by atoms with Gasteiger partial charge in [-0.3, -0.25) is 4.99 Å². The summed E-state index contributed by atoms with van der Waals surface area (Å²) in [6, 6.07) is 4.23. The number of hydrogen-bond acceptors (Lipinski definition) is 9. The largest absolute Gasteiger partial charge is 0.501 e. The molecule has 3 aromatic rings. The summed E-state index contributed by atoms with van der Waals surface area (Å²) in [5.41, 5.74) is 9.27. The van der Waals surface area contributed by atoms with E-state index in [0.29, 0.717) is 41.9 Å². The Morgan fingerprint density at radius 2 is 1.92 bits per heavy atom. The summed E-state index contributed by atoms with van der Waals surface area (Å²) in [6.07, 6.45) is 17.5. The van der Waals surface area contributed by atoms with Crippen molar-refractivity contribution in [3.8, 4) is 5.75 Å². The van der Waals surface area contributed by atoms with Crippen LogP contribution in [0, 0.1) is 31.6 Å². The first-order valence-corrected chi connectivity index (χ1v) is 22.2. The molecule has 3 heterocycles. The quantitative estimate of drug-likeness (QED) is 0.0533. The van der Waals surface area contributed by atoms with Gasteiger partial charge in [0.1, 0.15) is 23.4 Å². The van der Waals surface area contributed by atoms with Crippen LogP contribution < -0.4 is 15.0 Å². The highest BCUT2D eigenvalue weighted by Gasteiger charge is 2.35. The molecule has 2 fully saturated rings. The Bertz CT molecular complexity index is 2170. The van der Waals surface area contributed by atoms with E-state index in [4.69, 9.17) is 47.4 Å². The van der Waals surface area contributed by atoms with E-state index in [1.807, 2.05) is 37.6 Å². The van der Waals surface area contributed by atoms with Crippen LogP contribution in [0.4, 0.5) is 11.4 Å². The lowest BCUT2D eigenvalue weighted by Crippen LogP contribution is -2.35. The van der Waals surface area contributed by atoms with Crippen LogP contribution in [0.5, 0.6) is 5.75 Å². The van der Waals surface area contributed by atoms with Crippen molar-refractivity contribution in [2.75, 3.05) is 64.3 Å². The number of benzene rings is 1. The number of alkyl halides is 1. The van der Waals surface area contributed by atoms with Crippen molar-refractivity contribution < 1.29 is 19.3 Å². The molecule has 1 aromatic carbocycles. The van der Waals surface area contributed by atoms with Crippen LogP contribution >= 0.6 is 23.2 Å². The van der Waals surface area contributed by atoms with Gasteiger partial charge in [0.15, 0.2) is 0 Å². The molecule has 4 unspecified atom stereocenters. The summed E-state index contributed by atoms with van der Waals surface area (Å²) in [5.74, 6) is 4.07. The van der Waals surface area contributed by atoms with E-state index in [2.05, 4.69) is 65.9 Å². The molecule has 2 aromatic heterocycles. The summed E-state index contributed by atoms with van der Waals surface area (Å²) in [7, 11) is 4.98. The molecule has 10 nitrogen and oxygen atoms in total. The second-order valence-corrected chi connectivity index (χ2v) is 17.4. The van der Waals surface area contributed by atoms with Crippen LogP contribution in [-0.4, -0.2) is 91.3 Å². The number of aromatic nitrogens is 2. The van der Waals surface area contributed by atoms with Gasteiger partial charge in [-0.15, -0.1) is 11.6 Å². The number of hydrogen-bond donors (Lipinski definition) is 2. The van der Waals surface area contributed by atoms with Crippen LogP contribution in [0.15, 0.2) is 88.2 Å². The van der Waals surface area contributed by atoms with Crippen molar-refractivity contribution >= 4 is 46.4 Å². The van der Waals surface area contributed by atoms with Crippen molar-refractivity contribution in [1.29, 1.82) is 0 Å². The van der Waals surface area contributed by atoms with Gasteiger partial charge >= 0.3 is 0 Å². The predicted octanol–water partition coefficient (Wildman–Crippen LogP) is 9.74. The summed E-state index contributed by atoms with van der Waals surface area (Å²) in [4.78, 5) is 15.0. The number of aliphatic hydroxyl groups excluding tert-OH is 1. The van der Waals surface area contributed by atoms with Crippen molar-refractivity contribution in [1.82, 2.24) is 14.3 Å². The Kier molecular flexibility index (Phi) is 15.5. The molecule has 0 spiro atoms. The number of pyridine rings is 1. The van der Waals surface area contributed by atoms with Gasteiger partial charge in [-0.05, 0) is 100 Å². The third kappa shape index (κ3) is 10.4. The van der Waals surface area contributed by atoms with E-state index in [1.54, 1.807) is 27.5 Å². The van der Waals surface area contributed by atoms with Gasteiger partial charge in [-0.2, -0.15) is 0 Å². The zero-order chi connectivity index (χ0) is 43.1. The Hall–Kier alpha value is -4.22. The maximum Gasteiger partial charge on any atom is 0.143 e. The lowest BCUT2D eigenvalue weighted by Gasteiger charge is -2.29. The summed E-state index contributed by atoms with van der Waals surface area (Å²) in [6.45, 7) is 20.1. The number of halogens is 2. The number of anilines is 2. The molecule has 3 aliphatic rings. The molecular weight excluding hydrogens is 795 g/mol. The molecule has 1 aliphatic heterocycles. The molecule has 1 saturated heterocycles. The Morgan fingerprint density at radius 3 is 2.58 bits per heavy atom. The van der Waals surface area contributed by atoms with Gasteiger partial charge in [-0.25, -0.2) is 4.98 Å². The second kappa shape index (κ2) is 20.6. The summed E-state index contributed by atoms with van der Waals surface area (Å²) >= 11 is 14.0. The first-order valence-electron chi connectivity index (χ1n) is 21.3. The minimum Gasteiger partial charge on any atom is -0.501 e. The van der Waals surface area contributed by atoms with Gasteiger partial charge < -0.3 is 38.8 Å². The van der Waals surface area contributed by atoms with E-state index in [0.717, 1.165) is 99.8 Å². The van der Waals surface area contributed by atoms with Gasteiger partial charge in [0, 0.05) is 97.7 Å². The maximum atomic E-state index is 10.9. The number of nitrogens with zero attached hydrogens (tertiary/aromatic N) is 5. The molecule has 60 heavy (non-hydrogen) atoms. The Balaban J connectivity index is 1.30. The highest BCUT2D eigenvalue weighted by Crippen LogP contribution is 2.43. The average molecular weight is 860 g/mol. The number of allylic oxidation sites excluding steroid dienone is 6. The predicted molar refractivity (Wildman–Crippen MR) is 248 cm³/mol. The number of rotatable bonds is 19. The fraction of sp³-hybridized carbons (Fsp3) is 0.500. The molecule has 6 rings (SSSR count). The number of nitrogens with one attached hydrogen (secondary N) is 1. The fourth-order valence-corrected chi connectivity index (χ4v) is 9.49. The van der Waals surface area contributed by atoms with Crippen LogP contribution in [0.3, 0.4) is 0 Å². The normalized spacial score (nSPS) is 23.6. The van der Waals surface area contributed by atoms with E-state index >= 15 is 0 Å². The van der Waals surface area contributed by atoms with Gasteiger partial charge in [-0.1, -0.05) is 38.1 Å². The standard InChI is InChI=1S/C48H64Cl2N6O4/c1-10-18-54(27-33-13-14-33)28-37-29-55(26-30(37)4)46-31(5)47(60-9)34(23-42(46)53-44(57)12-3)21-38(11-2)52-25-36-20-35(48-51-17-19-56(48)32(36)6)22-40-41(49)24-39(58-7)15-16-43(59-8)45(40)50/h11-12,16-17,19-20,23-25,30,33,37,41,44,53,57H,3,10,13-15,18,21-22,26-29H2,1-2,4-9H3/b38-11-,39-24+,43-16+,45-40+,52-25?. The van der Waals surface area contributed by atoms with Crippen LogP contribution in [-0.2, 0) is 22.3 Å². The molecule has 324 valence electrons. The molecule has 1 saturated carbocycles. The molecular formula is C48H64Cl2N6O4. The van der Waals surface area contributed by atoms with Gasteiger partial charge in [0.25, 0.3) is 0 Å². The van der Waals surface area contributed by atoms with E-state index in [-0.39, 0.29) is 0 Å². The first-order chi connectivity index (χ1) is 28.9. The SMILES string of the molecule is C=CC(O)Nc1cc(C/C(=C/C)N=Cc2cc(C/C3=C(Cl)/C(OC)=C\C/C(OC)=C\C3Cl)c3nccn3c2C)c(OC)c(C)c1N1CC(C)C(CN(CCC)CC2CC2)C1.